The lowest BCUT2D eigenvalue weighted by Gasteiger charge is -2.34. The van der Waals surface area contributed by atoms with E-state index in [0.717, 1.165) is 11.9 Å². The van der Waals surface area contributed by atoms with Crippen molar-refractivity contribution in [3.05, 3.63) is 94.3 Å². The van der Waals surface area contributed by atoms with E-state index in [1.807, 2.05) is 0 Å². The van der Waals surface area contributed by atoms with Crippen molar-refractivity contribution < 1.29 is 4.57 Å². The van der Waals surface area contributed by atoms with E-state index in [1.54, 1.807) is 11.1 Å². The van der Waals surface area contributed by atoms with Gasteiger partial charge in [0.1, 0.15) is 0 Å². The molecule has 1 atom stereocenters. The number of allylic oxidation sites excluding steroid dienone is 4. The first-order valence-electron chi connectivity index (χ1n) is 16.6. The number of aromatic nitrogens is 2. The van der Waals surface area contributed by atoms with E-state index >= 15 is 0 Å². The first-order chi connectivity index (χ1) is 20.2. The van der Waals surface area contributed by atoms with Crippen molar-refractivity contribution in [2.45, 2.75) is 104 Å². The van der Waals surface area contributed by atoms with Gasteiger partial charge in [-0.1, -0.05) is 91.3 Å². The maximum atomic E-state index is 5.28. The number of benzene rings is 2. The van der Waals surface area contributed by atoms with Crippen molar-refractivity contribution in [2.75, 3.05) is 0 Å². The van der Waals surface area contributed by atoms with Crippen LogP contribution in [0.3, 0.4) is 0 Å². The van der Waals surface area contributed by atoms with E-state index in [1.165, 1.54) is 75.5 Å². The summed E-state index contributed by atoms with van der Waals surface area (Å²) in [5.41, 5.74) is 12.4. The van der Waals surface area contributed by atoms with Crippen LogP contribution < -0.4 is 4.57 Å². The molecule has 2 aromatic heterocycles. The fourth-order valence-corrected chi connectivity index (χ4v) is 8.85. The maximum Gasteiger partial charge on any atom is 0.224 e. The van der Waals surface area contributed by atoms with Crippen molar-refractivity contribution in [1.82, 2.24) is 4.98 Å². The summed E-state index contributed by atoms with van der Waals surface area (Å²) in [7, 11) is 0. The molecule has 1 spiro atoms. The number of rotatable bonds is 7. The molecule has 216 valence electrons. The molecule has 4 aromatic rings. The maximum absolute atomic E-state index is 5.28. The van der Waals surface area contributed by atoms with E-state index in [-0.39, 0.29) is 11.0 Å². The summed E-state index contributed by atoms with van der Waals surface area (Å²) in [6, 6.07) is 16.5. The highest BCUT2D eigenvalue weighted by molar-refractivity contribution is 6.06. The molecule has 42 heavy (non-hydrogen) atoms. The molecule has 2 heteroatoms. The van der Waals surface area contributed by atoms with Crippen LogP contribution in [-0.2, 0) is 11.0 Å². The van der Waals surface area contributed by atoms with Crippen LogP contribution in [0.25, 0.3) is 32.9 Å². The second kappa shape index (κ2) is 9.63. The second-order valence-corrected chi connectivity index (χ2v) is 14.1. The highest BCUT2D eigenvalue weighted by atomic mass is 15.1. The third-order valence-corrected chi connectivity index (χ3v) is 11.2. The van der Waals surface area contributed by atoms with E-state index < -0.39 is 0 Å². The van der Waals surface area contributed by atoms with Crippen LogP contribution in [0.5, 0.6) is 0 Å². The molecule has 0 fully saturated rings. The second-order valence-electron chi connectivity index (χ2n) is 14.1. The van der Waals surface area contributed by atoms with E-state index in [2.05, 4.69) is 121 Å². The summed E-state index contributed by atoms with van der Waals surface area (Å²) in [6.45, 7) is 18.9. The summed E-state index contributed by atoms with van der Waals surface area (Å²) >= 11 is 0. The van der Waals surface area contributed by atoms with Gasteiger partial charge in [-0.25, -0.2) is 0 Å². The zero-order chi connectivity index (χ0) is 29.6. The Hall–Kier alpha value is -3.26. The molecule has 0 amide bonds. The SMILES string of the molecule is CCC(CC)C1=CC2(CC(C(CC)CC)=C1)c1cc3ccccc3c3c1-c1c4c(cc(C(C)C)nc4cc[n+]12)C3(C)C. The lowest BCUT2D eigenvalue weighted by Crippen LogP contribution is -2.55. The minimum Gasteiger partial charge on any atom is -0.252 e. The Labute approximate surface area is 252 Å². The first-order valence-corrected chi connectivity index (χ1v) is 16.6. The molecule has 7 rings (SSSR count). The van der Waals surface area contributed by atoms with Crippen LogP contribution in [0.2, 0.25) is 0 Å². The highest BCUT2D eigenvalue weighted by Gasteiger charge is 2.57. The number of hydrogen-bond donors (Lipinski definition) is 0. The van der Waals surface area contributed by atoms with Crippen LogP contribution in [0.15, 0.2) is 72.0 Å². The first kappa shape index (κ1) is 27.6. The number of fused-ring (bicyclic) bond motifs is 4. The molecule has 3 aliphatic rings. The van der Waals surface area contributed by atoms with Gasteiger partial charge in [-0.2, -0.15) is 4.57 Å². The van der Waals surface area contributed by atoms with Crippen LogP contribution in [0.1, 0.15) is 116 Å². The van der Waals surface area contributed by atoms with E-state index in [0.29, 0.717) is 17.8 Å². The molecule has 0 bridgehead atoms. The lowest BCUT2D eigenvalue weighted by atomic mass is 9.66. The fourth-order valence-electron chi connectivity index (χ4n) is 8.85. The molecule has 2 nitrogen and oxygen atoms in total. The molecule has 0 saturated carbocycles. The number of nitrogens with zero attached hydrogens (tertiary/aromatic N) is 2. The molecular formula is C40H47N2+. The zero-order valence-electron chi connectivity index (χ0n) is 26.9. The average molecular weight is 556 g/mol. The van der Waals surface area contributed by atoms with Crippen molar-refractivity contribution >= 4 is 21.7 Å². The van der Waals surface area contributed by atoms with Gasteiger partial charge in [-0.15, -0.1) is 0 Å². The van der Waals surface area contributed by atoms with Crippen LogP contribution >= 0.6 is 0 Å². The van der Waals surface area contributed by atoms with E-state index in [4.69, 9.17) is 4.98 Å². The summed E-state index contributed by atoms with van der Waals surface area (Å²) in [4.78, 5) is 5.28. The smallest absolute Gasteiger partial charge is 0.224 e. The lowest BCUT2D eigenvalue weighted by molar-refractivity contribution is -0.726. The molecule has 0 N–H and O–H groups in total. The highest BCUT2D eigenvalue weighted by Crippen LogP contribution is 2.58. The molecular weight excluding hydrogens is 508 g/mol. The molecule has 1 aliphatic heterocycles. The minimum atomic E-state index is -0.226. The van der Waals surface area contributed by atoms with Crippen LogP contribution in [0, 0.1) is 11.8 Å². The molecule has 1 unspecified atom stereocenters. The minimum absolute atomic E-state index is 0.141. The molecule has 0 saturated heterocycles. The molecule has 0 radical (unpaired) electrons. The van der Waals surface area contributed by atoms with Gasteiger partial charge in [-0.3, -0.25) is 4.98 Å². The summed E-state index contributed by atoms with van der Waals surface area (Å²) < 4.78 is 2.69. The van der Waals surface area contributed by atoms with Crippen molar-refractivity contribution in [2.24, 2.45) is 11.8 Å². The van der Waals surface area contributed by atoms with Crippen molar-refractivity contribution in [3.8, 4) is 11.3 Å². The normalized spacial score (nSPS) is 20.0. The predicted octanol–water partition coefficient (Wildman–Crippen LogP) is 10.3. The Kier molecular flexibility index (Phi) is 6.32. The van der Waals surface area contributed by atoms with Crippen LogP contribution in [0.4, 0.5) is 0 Å². The number of hydrogen-bond acceptors (Lipinski definition) is 1. The summed E-state index contributed by atoms with van der Waals surface area (Å²) in [5.74, 6) is 1.57. The largest absolute Gasteiger partial charge is 0.252 e. The predicted molar refractivity (Wildman–Crippen MR) is 177 cm³/mol. The van der Waals surface area contributed by atoms with Crippen molar-refractivity contribution in [3.63, 3.8) is 0 Å². The summed E-state index contributed by atoms with van der Waals surface area (Å²) in [6.07, 6.45) is 13.5. The Balaban J connectivity index is 1.66. The fraction of sp³-hybridized carbons (Fsp3) is 0.450. The zero-order valence-corrected chi connectivity index (χ0v) is 26.9. The van der Waals surface area contributed by atoms with E-state index in [9.17, 15) is 0 Å². The van der Waals surface area contributed by atoms with Gasteiger partial charge in [0.15, 0.2) is 6.20 Å². The van der Waals surface area contributed by atoms with Gasteiger partial charge in [0.05, 0.1) is 16.5 Å². The van der Waals surface area contributed by atoms with Crippen molar-refractivity contribution in [1.29, 1.82) is 0 Å². The monoisotopic (exact) mass is 555 g/mol. The topological polar surface area (TPSA) is 16.8 Å². The quantitative estimate of drug-likeness (QED) is 0.207. The Morgan fingerprint density at radius 2 is 1.60 bits per heavy atom. The molecule has 3 heterocycles. The average Bonchev–Trinajstić information content (AvgIpc) is 3.24. The molecule has 2 aromatic carbocycles. The van der Waals surface area contributed by atoms with Gasteiger partial charge in [0, 0.05) is 29.2 Å². The van der Waals surface area contributed by atoms with Gasteiger partial charge in [-0.05, 0) is 89.1 Å². The van der Waals surface area contributed by atoms with Gasteiger partial charge < -0.3 is 0 Å². The number of pyridine rings is 2. The third kappa shape index (κ3) is 3.56. The Morgan fingerprint density at radius 1 is 0.881 bits per heavy atom. The van der Waals surface area contributed by atoms with Gasteiger partial charge in [0.25, 0.3) is 0 Å². The van der Waals surface area contributed by atoms with Gasteiger partial charge >= 0.3 is 0 Å². The summed E-state index contributed by atoms with van der Waals surface area (Å²) in [5, 5.41) is 4.12. The van der Waals surface area contributed by atoms with Gasteiger partial charge in [0.2, 0.25) is 11.2 Å². The standard InChI is InChI=1S/C40H47N2/c1-9-25(10-2)28-19-29(26(11-3)12-4)23-40(22-28)32-20-27-15-13-14-16-30(27)37-36(32)38-35-31(39(37,7)8)21-34(24(5)6)41-33(35)17-18-42(38)40/h13-22,24-26H,9-12,23H2,1-8H3/q+1. The Morgan fingerprint density at radius 3 is 2.29 bits per heavy atom. The third-order valence-electron chi connectivity index (χ3n) is 11.2. The van der Waals surface area contributed by atoms with Crippen LogP contribution in [-0.4, -0.2) is 4.98 Å². The Bertz CT molecular complexity index is 1810. The molecule has 2 aliphatic carbocycles.